The van der Waals surface area contributed by atoms with E-state index in [0.717, 1.165) is 29.3 Å². The van der Waals surface area contributed by atoms with Gasteiger partial charge in [-0.1, -0.05) is 35.7 Å². The number of benzene rings is 1. The van der Waals surface area contributed by atoms with Crippen molar-refractivity contribution in [3.63, 3.8) is 0 Å². The number of fused-ring (bicyclic) bond motifs is 1. The summed E-state index contributed by atoms with van der Waals surface area (Å²) < 4.78 is 0.912. The Bertz CT molecular complexity index is 799. The predicted molar refractivity (Wildman–Crippen MR) is 105 cm³/mol. The number of anilines is 1. The lowest BCUT2D eigenvalue weighted by atomic mass is 9.84. The van der Waals surface area contributed by atoms with Gasteiger partial charge in [-0.25, -0.2) is 0 Å². The van der Waals surface area contributed by atoms with E-state index in [1.807, 2.05) is 12.1 Å². The molecule has 0 spiro atoms. The highest BCUT2D eigenvalue weighted by Gasteiger charge is 2.28. The van der Waals surface area contributed by atoms with E-state index >= 15 is 0 Å². The Kier molecular flexibility index (Phi) is 5.59. The van der Waals surface area contributed by atoms with Crippen molar-refractivity contribution in [1.29, 1.82) is 0 Å². The molecule has 1 aliphatic rings. The quantitative estimate of drug-likeness (QED) is 0.730. The first-order valence-corrected chi connectivity index (χ1v) is 10.1. The van der Waals surface area contributed by atoms with Crippen molar-refractivity contribution >= 4 is 44.1 Å². The first-order chi connectivity index (χ1) is 12.0. The zero-order valence-corrected chi connectivity index (χ0v) is 16.5. The van der Waals surface area contributed by atoms with Crippen molar-refractivity contribution in [3.8, 4) is 0 Å². The number of rotatable bonds is 5. The van der Waals surface area contributed by atoms with Gasteiger partial charge in [0.25, 0.3) is 11.8 Å². The number of nitrogens with one attached hydrogen (secondary N) is 1. The number of primary amides is 1. The van der Waals surface area contributed by atoms with Crippen LogP contribution in [-0.4, -0.2) is 11.8 Å². The largest absolute Gasteiger partial charge is 0.365 e. The molecule has 0 fully saturated rings. The Morgan fingerprint density at radius 3 is 2.68 bits per heavy atom. The van der Waals surface area contributed by atoms with E-state index in [9.17, 15) is 9.59 Å². The number of nitrogens with two attached hydrogens (primary N) is 1. The molecule has 1 aromatic heterocycles. The molecule has 2 amide bonds. The lowest BCUT2D eigenvalue weighted by molar-refractivity contribution is 0.1000. The van der Waals surface area contributed by atoms with E-state index in [-0.39, 0.29) is 5.91 Å². The van der Waals surface area contributed by atoms with Crippen LogP contribution in [0.1, 0.15) is 57.3 Å². The number of amides is 2. The zero-order chi connectivity index (χ0) is 18.0. The number of halogens is 1. The SMILES string of the molecule is CCCC1CCc2c(sc(NC(=O)c3ccc(Br)cc3)c2C(N)=O)C1. The fourth-order valence-electron chi connectivity index (χ4n) is 3.43. The lowest BCUT2D eigenvalue weighted by Gasteiger charge is -2.21. The standard InChI is InChI=1S/C19H21BrN2O2S/c1-2-3-11-4-9-14-15(10-11)25-19(16(14)17(21)23)22-18(24)12-5-7-13(20)8-6-12/h5-8,11H,2-4,9-10H2,1H3,(H2,21,23)(H,22,24). The third-order valence-electron chi connectivity index (χ3n) is 4.64. The summed E-state index contributed by atoms with van der Waals surface area (Å²) in [5.41, 5.74) is 7.71. The van der Waals surface area contributed by atoms with Gasteiger partial charge in [-0.3, -0.25) is 9.59 Å². The maximum absolute atomic E-state index is 12.5. The molecule has 6 heteroatoms. The van der Waals surface area contributed by atoms with Gasteiger partial charge in [0.05, 0.1) is 5.56 Å². The molecule has 0 aliphatic heterocycles. The first kappa shape index (κ1) is 18.1. The van der Waals surface area contributed by atoms with E-state index in [1.165, 1.54) is 29.1 Å². The van der Waals surface area contributed by atoms with Gasteiger partial charge in [0.15, 0.2) is 0 Å². The van der Waals surface area contributed by atoms with Gasteiger partial charge >= 0.3 is 0 Å². The second kappa shape index (κ2) is 7.70. The van der Waals surface area contributed by atoms with Crippen LogP contribution in [0.5, 0.6) is 0 Å². The number of hydrogen-bond acceptors (Lipinski definition) is 3. The molecule has 1 heterocycles. The highest BCUT2D eigenvalue weighted by atomic mass is 79.9. The number of hydrogen-bond donors (Lipinski definition) is 2. The van der Waals surface area contributed by atoms with Crippen LogP contribution in [0.2, 0.25) is 0 Å². The Labute approximate surface area is 159 Å². The summed E-state index contributed by atoms with van der Waals surface area (Å²) in [4.78, 5) is 25.7. The summed E-state index contributed by atoms with van der Waals surface area (Å²) in [5.74, 6) is -0.0249. The van der Waals surface area contributed by atoms with E-state index in [4.69, 9.17) is 5.73 Å². The minimum absolute atomic E-state index is 0.223. The van der Waals surface area contributed by atoms with Gasteiger partial charge in [-0.2, -0.15) is 0 Å². The summed E-state index contributed by atoms with van der Waals surface area (Å²) >= 11 is 4.86. The van der Waals surface area contributed by atoms with Crippen LogP contribution in [0.3, 0.4) is 0 Å². The Hall–Kier alpha value is -1.66. The predicted octanol–water partition coefficient (Wildman–Crippen LogP) is 4.77. The summed E-state index contributed by atoms with van der Waals surface area (Å²) in [6, 6.07) is 7.12. The Morgan fingerprint density at radius 2 is 2.04 bits per heavy atom. The maximum atomic E-state index is 12.5. The molecule has 4 nitrogen and oxygen atoms in total. The fraction of sp³-hybridized carbons (Fsp3) is 0.368. The summed E-state index contributed by atoms with van der Waals surface area (Å²) in [6.45, 7) is 2.20. The van der Waals surface area contributed by atoms with Crippen molar-refractivity contribution in [2.24, 2.45) is 11.7 Å². The van der Waals surface area contributed by atoms with Gasteiger partial charge in [0, 0.05) is 14.9 Å². The minimum Gasteiger partial charge on any atom is -0.365 e. The highest BCUT2D eigenvalue weighted by molar-refractivity contribution is 9.10. The van der Waals surface area contributed by atoms with Crippen molar-refractivity contribution < 1.29 is 9.59 Å². The molecule has 0 radical (unpaired) electrons. The van der Waals surface area contributed by atoms with Crippen LogP contribution in [0.4, 0.5) is 5.00 Å². The monoisotopic (exact) mass is 420 g/mol. The Morgan fingerprint density at radius 1 is 1.32 bits per heavy atom. The zero-order valence-electron chi connectivity index (χ0n) is 14.1. The molecule has 0 bridgehead atoms. The number of carbonyl (C=O) groups excluding carboxylic acids is 2. The summed E-state index contributed by atoms with van der Waals surface area (Å²) in [7, 11) is 0. The molecule has 1 unspecified atom stereocenters. The average Bonchev–Trinajstić information content (AvgIpc) is 2.92. The molecule has 1 aliphatic carbocycles. The summed E-state index contributed by atoms with van der Waals surface area (Å²) in [6.07, 6.45) is 5.29. The van der Waals surface area contributed by atoms with Crippen LogP contribution >= 0.6 is 27.3 Å². The van der Waals surface area contributed by atoms with Gasteiger partial charge < -0.3 is 11.1 Å². The van der Waals surface area contributed by atoms with Gasteiger partial charge in [0.1, 0.15) is 5.00 Å². The van der Waals surface area contributed by atoms with Crippen molar-refractivity contribution in [1.82, 2.24) is 0 Å². The molecule has 1 atom stereocenters. The molecular weight excluding hydrogens is 400 g/mol. The average molecular weight is 421 g/mol. The van der Waals surface area contributed by atoms with Crippen LogP contribution in [-0.2, 0) is 12.8 Å². The first-order valence-electron chi connectivity index (χ1n) is 8.50. The molecular formula is C19H21BrN2O2S. The molecule has 1 aromatic carbocycles. The third-order valence-corrected chi connectivity index (χ3v) is 6.34. The fourth-order valence-corrected chi connectivity index (χ4v) is 5.06. The van der Waals surface area contributed by atoms with Crippen molar-refractivity contribution in [2.75, 3.05) is 5.32 Å². The van der Waals surface area contributed by atoms with Crippen LogP contribution in [0, 0.1) is 5.92 Å². The maximum Gasteiger partial charge on any atom is 0.256 e. The van der Waals surface area contributed by atoms with Crippen LogP contribution in [0.15, 0.2) is 28.7 Å². The van der Waals surface area contributed by atoms with Gasteiger partial charge in [0.2, 0.25) is 0 Å². The molecule has 3 N–H and O–H groups in total. The van der Waals surface area contributed by atoms with Crippen LogP contribution in [0.25, 0.3) is 0 Å². The third kappa shape index (κ3) is 3.96. The van der Waals surface area contributed by atoms with Crippen molar-refractivity contribution in [3.05, 3.63) is 50.3 Å². The Balaban J connectivity index is 1.87. The van der Waals surface area contributed by atoms with E-state index in [1.54, 1.807) is 12.1 Å². The topological polar surface area (TPSA) is 72.2 Å². The summed E-state index contributed by atoms with van der Waals surface area (Å²) in [5, 5.41) is 3.48. The number of carbonyl (C=O) groups is 2. The second-order valence-electron chi connectivity index (χ2n) is 6.43. The van der Waals surface area contributed by atoms with E-state index in [2.05, 4.69) is 28.2 Å². The second-order valence-corrected chi connectivity index (χ2v) is 8.45. The van der Waals surface area contributed by atoms with Gasteiger partial charge in [-0.15, -0.1) is 11.3 Å². The highest BCUT2D eigenvalue weighted by Crippen LogP contribution is 2.40. The molecule has 0 saturated carbocycles. The smallest absolute Gasteiger partial charge is 0.256 e. The van der Waals surface area contributed by atoms with E-state index < -0.39 is 5.91 Å². The van der Waals surface area contributed by atoms with E-state index in [0.29, 0.717) is 22.0 Å². The normalized spacial score (nSPS) is 16.3. The van der Waals surface area contributed by atoms with Crippen LogP contribution < -0.4 is 11.1 Å². The number of thiophene rings is 1. The van der Waals surface area contributed by atoms with Gasteiger partial charge in [-0.05, 0) is 55.0 Å². The minimum atomic E-state index is -0.461. The molecule has 3 rings (SSSR count). The van der Waals surface area contributed by atoms with Crippen molar-refractivity contribution in [2.45, 2.75) is 39.0 Å². The molecule has 132 valence electrons. The molecule has 25 heavy (non-hydrogen) atoms. The molecule has 0 saturated heterocycles. The lowest BCUT2D eigenvalue weighted by Crippen LogP contribution is -2.20. The molecule has 2 aromatic rings.